The Morgan fingerprint density at radius 3 is 2.48 bits per heavy atom. The van der Waals surface area contributed by atoms with E-state index in [-0.39, 0.29) is 17.6 Å². The number of ether oxygens (including phenoxy) is 1. The van der Waals surface area contributed by atoms with E-state index in [0.29, 0.717) is 19.5 Å². The zero-order valence-electron chi connectivity index (χ0n) is 15.3. The number of amides is 1. The normalized spacial score (nSPS) is 14.6. The summed E-state index contributed by atoms with van der Waals surface area (Å²) < 4.78 is 5.32. The molecular weight excluding hydrogens is 346 g/mol. The van der Waals surface area contributed by atoms with E-state index in [1.54, 1.807) is 19.2 Å². The van der Waals surface area contributed by atoms with Crippen molar-refractivity contribution in [2.75, 3.05) is 25.5 Å². The zero-order valence-corrected chi connectivity index (χ0v) is 15.3. The third-order valence-electron chi connectivity index (χ3n) is 4.83. The number of nitro benzene ring substituents is 1. The molecule has 1 aliphatic rings. The summed E-state index contributed by atoms with van der Waals surface area (Å²) in [6, 6.07) is 14.3. The van der Waals surface area contributed by atoms with Crippen molar-refractivity contribution < 1.29 is 14.5 Å². The van der Waals surface area contributed by atoms with Crippen molar-refractivity contribution in [2.45, 2.75) is 25.3 Å². The molecule has 1 N–H and O–H groups in total. The quantitative estimate of drug-likeness (QED) is 0.624. The first-order valence-electron chi connectivity index (χ1n) is 8.97. The molecule has 0 saturated carbocycles. The number of likely N-dealkylation sites (tertiary alicyclic amines) is 1. The van der Waals surface area contributed by atoms with Crippen molar-refractivity contribution in [3.8, 4) is 5.75 Å². The minimum absolute atomic E-state index is 0.0808. The van der Waals surface area contributed by atoms with E-state index in [2.05, 4.69) is 5.32 Å². The van der Waals surface area contributed by atoms with Crippen LogP contribution in [0.15, 0.2) is 48.5 Å². The first kappa shape index (κ1) is 18.7. The maximum atomic E-state index is 12.6. The molecule has 1 heterocycles. The molecule has 0 radical (unpaired) electrons. The lowest BCUT2D eigenvalue weighted by atomic mass is 10.0. The monoisotopic (exact) mass is 369 g/mol. The second kappa shape index (κ2) is 8.53. The first-order chi connectivity index (χ1) is 13.1. The molecule has 2 aromatic carbocycles. The molecule has 0 bridgehead atoms. The number of hydrogen-bond acceptors (Lipinski definition) is 5. The highest BCUT2D eigenvalue weighted by Gasteiger charge is 2.23. The third-order valence-corrected chi connectivity index (χ3v) is 4.83. The van der Waals surface area contributed by atoms with Crippen molar-refractivity contribution >= 4 is 17.3 Å². The van der Waals surface area contributed by atoms with Crippen LogP contribution in [-0.4, -0.2) is 42.0 Å². The van der Waals surface area contributed by atoms with Gasteiger partial charge in [0, 0.05) is 42.5 Å². The fourth-order valence-corrected chi connectivity index (χ4v) is 3.31. The largest absolute Gasteiger partial charge is 0.496 e. The Morgan fingerprint density at radius 2 is 1.85 bits per heavy atom. The van der Waals surface area contributed by atoms with Crippen molar-refractivity contribution in [2.24, 2.45) is 0 Å². The van der Waals surface area contributed by atoms with Crippen LogP contribution in [0, 0.1) is 10.1 Å². The Balaban J connectivity index is 1.51. The smallest absolute Gasteiger partial charge is 0.269 e. The fraction of sp³-hybridized carbons (Fsp3) is 0.350. The van der Waals surface area contributed by atoms with E-state index in [1.807, 2.05) is 29.2 Å². The predicted molar refractivity (Wildman–Crippen MR) is 103 cm³/mol. The minimum atomic E-state index is -0.407. The number of hydrogen-bond donors (Lipinski definition) is 1. The van der Waals surface area contributed by atoms with Crippen LogP contribution < -0.4 is 10.1 Å². The van der Waals surface area contributed by atoms with Crippen LogP contribution in [0.3, 0.4) is 0 Å². The molecule has 3 rings (SSSR count). The van der Waals surface area contributed by atoms with Crippen LogP contribution in [0.5, 0.6) is 5.75 Å². The van der Waals surface area contributed by atoms with E-state index in [4.69, 9.17) is 4.74 Å². The lowest BCUT2D eigenvalue weighted by Gasteiger charge is -2.33. The summed E-state index contributed by atoms with van der Waals surface area (Å²) in [4.78, 5) is 24.8. The standard InChI is InChI=1S/C20H23N3O4/c1-27-19-5-3-2-4-15(19)14-20(24)22-12-10-17(11-13-22)21-16-6-8-18(9-7-16)23(25)26/h2-9,17,21H,10-14H2,1H3. The number of benzene rings is 2. The summed E-state index contributed by atoms with van der Waals surface area (Å²) in [7, 11) is 1.61. The van der Waals surface area contributed by atoms with E-state index in [9.17, 15) is 14.9 Å². The van der Waals surface area contributed by atoms with Gasteiger partial charge in [0.05, 0.1) is 18.5 Å². The van der Waals surface area contributed by atoms with Crippen molar-refractivity contribution in [3.05, 3.63) is 64.2 Å². The molecule has 142 valence electrons. The minimum Gasteiger partial charge on any atom is -0.496 e. The van der Waals surface area contributed by atoms with Gasteiger partial charge in [0.2, 0.25) is 5.91 Å². The van der Waals surface area contributed by atoms with E-state index >= 15 is 0 Å². The van der Waals surface area contributed by atoms with Gasteiger partial charge >= 0.3 is 0 Å². The summed E-state index contributed by atoms with van der Waals surface area (Å²) in [5.41, 5.74) is 1.84. The zero-order chi connectivity index (χ0) is 19.2. The van der Waals surface area contributed by atoms with Gasteiger partial charge in [-0.25, -0.2) is 0 Å². The molecule has 27 heavy (non-hydrogen) atoms. The van der Waals surface area contributed by atoms with Crippen LogP contribution in [0.25, 0.3) is 0 Å². The lowest BCUT2D eigenvalue weighted by Crippen LogP contribution is -2.43. The Kier molecular flexibility index (Phi) is 5.90. The van der Waals surface area contributed by atoms with Crippen LogP contribution in [0.1, 0.15) is 18.4 Å². The third kappa shape index (κ3) is 4.75. The summed E-state index contributed by atoms with van der Waals surface area (Å²) in [5, 5.41) is 14.1. The molecule has 1 fully saturated rings. The number of para-hydroxylation sites is 1. The molecular formula is C20H23N3O4. The number of carbonyl (C=O) groups is 1. The molecule has 0 aliphatic carbocycles. The highest BCUT2D eigenvalue weighted by Crippen LogP contribution is 2.22. The van der Waals surface area contributed by atoms with Gasteiger partial charge in [0.15, 0.2) is 0 Å². The average molecular weight is 369 g/mol. The molecule has 7 heteroatoms. The van der Waals surface area contributed by atoms with Gasteiger partial charge in [-0.05, 0) is 31.0 Å². The predicted octanol–water partition coefficient (Wildman–Crippen LogP) is 3.25. The molecule has 0 aromatic heterocycles. The van der Waals surface area contributed by atoms with E-state index in [1.165, 1.54) is 12.1 Å². The first-order valence-corrected chi connectivity index (χ1v) is 8.97. The van der Waals surface area contributed by atoms with Crippen LogP contribution in [0.2, 0.25) is 0 Å². The molecule has 2 aromatic rings. The van der Waals surface area contributed by atoms with Gasteiger partial charge in [-0.3, -0.25) is 14.9 Å². The Hall–Kier alpha value is -3.09. The highest BCUT2D eigenvalue weighted by molar-refractivity contribution is 5.79. The van der Waals surface area contributed by atoms with Gasteiger partial charge in [0.25, 0.3) is 5.69 Å². The van der Waals surface area contributed by atoms with Gasteiger partial charge in [-0.1, -0.05) is 18.2 Å². The van der Waals surface area contributed by atoms with Crippen LogP contribution in [0.4, 0.5) is 11.4 Å². The number of methoxy groups -OCH3 is 1. The van der Waals surface area contributed by atoms with Crippen LogP contribution >= 0.6 is 0 Å². The van der Waals surface area contributed by atoms with Gasteiger partial charge in [-0.15, -0.1) is 0 Å². The Labute approximate surface area is 158 Å². The number of rotatable bonds is 6. The number of nitrogens with zero attached hydrogens (tertiary/aromatic N) is 2. The van der Waals surface area contributed by atoms with Gasteiger partial charge in [0.1, 0.15) is 5.75 Å². The van der Waals surface area contributed by atoms with Crippen molar-refractivity contribution in [3.63, 3.8) is 0 Å². The molecule has 0 spiro atoms. The topological polar surface area (TPSA) is 84.7 Å². The van der Waals surface area contributed by atoms with Gasteiger partial charge in [-0.2, -0.15) is 0 Å². The van der Waals surface area contributed by atoms with Crippen molar-refractivity contribution in [1.29, 1.82) is 0 Å². The molecule has 0 unspecified atom stereocenters. The van der Waals surface area contributed by atoms with Crippen LogP contribution in [-0.2, 0) is 11.2 Å². The summed E-state index contributed by atoms with van der Waals surface area (Å²) in [6.07, 6.45) is 2.02. The fourth-order valence-electron chi connectivity index (χ4n) is 3.31. The Bertz CT molecular complexity index is 799. The molecule has 1 amide bonds. The summed E-state index contributed by atoms with van der Waals surface area (Å²) in [5.74, 6) is 0.842. The molecule has 1 aliphatic heterocycles. The SMILES string of the molecule is COc1ccccc1CC(=O)N1CCC(Nc2ccc([N+](=O)[O-])cc2)CC1. The number of nitro groups is 1. The Morgan fingerprint density at radius 1 is 1.19 bits per heavy atom. The summed E-state index contributed by atoms with van der Waals surface area (Å²) >= 11 is 0. The maximum Gasteiger partial charge on any atom is 0.269 e. The number of anilines is 1. The van der Waals surface area contributed by atoms with E-state index < -0.39 is 4.92 Å². The second-order valence-electron chi connectivity index (χ2n) is 6.59. The number of nitrogens with one attached hydrogen (secondary N) is 1. The molecule has 7 nitrogen and oxygen atoms in total. The maximum absolute atomic E-state index is 12.6. The highest BCUT2D eigenvalue weighted by atomic mass is 16.6. The molecule has 0 atom stereocenters. The lowest BCUT2D eigenvalue weighted by molar-refractivity contribution is -0.384. The van der Waals surface area contributed by atoms with E-state index in [0.717, 1.165) is 29.8 Å². The number of piperidine rings is 1. The number of non-ortho nitro benzene ring substituents is 1. The second-order valence-corrected chi connectivity index (χ2v) is 6.59. The average Bonchev–Trinajstić information content (AvgIpc) is 2.69. The van der Waals surface area contributed by atoms with Crippen molar-refractivity contribution in [1.82, 2.24) is 4.90 Å². The molecule has 1 saturated heterocycles. The summed E-state index contributed by atoms with van der Waals surface area (Å²) in [6.45, 7) is 1.39. The number of carbonyl (C=O) groups excluding carboxylic acids is 1. The van der Waals surface area contributed by atoms with Gasteiger partial charge < -0.3 is 15.0 Å².